The van der Waals surface area contributed by atoms with Crippen LogP contribution in [0.2, 0.25) is 0 Å². The van der Waals surface area contributed by atoms with Gasteiger partial charge in [0.15, 0.2) is 44.0 Å². The van der Waals surface area contributed by atoms with Crippen molar-refractivity contribution in [2.45, 2.75) is 215 Å². The quantitative estimate of drug-likeness (QED) is 0.0753. The third-order valence-corrected chi connectivity index (χ3v) is 17.0. The van der Waals surface area contributed by atoms with E-state index in [0.29, 0.717) is 11.8 Å². The van der Waals surface area contributed by atoms with E-state index < -0.39 is 260 Å². The molecule has 14 bridgehead atoms. The number of ether oxygens (including phenoxy) is 14. The van der Waals surface area contributed by atoms with Crippen molar-refractivity contribution in [3.05, 3.63) is 9.81 Å². The van der Waals surface area contributed by atoms with Crippen LogP contribution in [0.15, 0.2) is 9.81 Å². The molecule has 0 aromatic carbocycles. The van der Waals surface area contributed by atoms with Gasteiger partial charge in [-0.3, -0.25) is 0 Å². The Morgan fingerprint density at radius 1 is 0.286 bits per heavy atom. The summed E-state index contributed by atoms with van der Waals surface area (Å²) in [5.74, 6) is -0.510. The van der Waals surface area contributed by atoms with E-state index in [1.165, 1.54) is 0 Å². The fraction of sp³-hybridized carbons (Fsp3) is 0.913. The summed E-state index contributed by atoms with van der Waals surface area (Å²) >= 11 is 4.58. The lowest BCUT2D eigenvalue weighted by molar-refractivity contribution is -0.396. The zero-order chi connectivity index (χ0) is 61.3. The molecule has 0 aliphatic carbocycles. The first-order chi connectivity index (χ1) is 40.0. The Labute approximate surface area is 484 Å². The lowest BCUT2D eigenvalue weighted by Crippen LogP contribution is -2.68. The summed E-state index contributed by atoms with van der Waals surface area (Å²) in [5.41, 5.74) is 0. The average Bonchev–Trinajstić information content (AvgIpc) is 2.07. The van der Waals surface area contributed by atoms with E-state index in [0.717, 1.165) is 0 Å². The minimum absolute atomic E-state index is 0.309. The summed E-state index contributed by atoms with van der Waals surface area (Å²) in [4.78, 5) is -0.690. The fourth-order valence-corrected chi connectivity index (χ4v) is 11.9. The Morgan fingerprint density at radius 3 is 0.631 bits per heavy atom. The van der Waals surface area contributed by atoms with E-state index >= 15 is 0 Å². The van der Waals surface area contributed by atoms with E-state index in [9.17, 15) is 113 Å². The van der Waals surface area contributed by atoms with Gasteiger partial charge in [-0.05, 0) is 0 Å². The van der Waals surface area contributed by atoms with Gasteiger partial charge in [-0.2, -0.15) is 10.5 Å². The van der Waals surface area contributed by atoms with Crippen molar-refractivity contribution in [3.8, 4) is 12.1 Å². The molecule has 84 heavy (non-hydrogen) atoms. The molecule has 36 nitrogen and oxygen atoms in total. The van der Waals surface area contributed by atoms with Crippen LogP contribution in [0.4, 0.5) is 0 Å². The van der Waals surface area contributed by atoms with Crippen LogP contribution in [-0.2, 0) is 66.3 Å². The minimum atomic E-state index is -2.26. The molecule has 0 radical (unpaired) electrons. The molecule has 0 spiro atoms. The number of aliphatic hydroxyl groups is 20. The predicted octanol–water partition coefficient (Wildman–Crippen LogP) is -13.3. The Bertz CT molecular complexity index is 2230. The highest BCUT2D eigenvalue weighted by Crippen LogP contribution is 2.40. The Kier molecular flexibility index (Phi) is 23.7. The Morgan fingerprint density at radius 2 is 0.464 bits per heavy atom. The highest BCUT2D eigenvalue weighted by atomic mass is 32.2. The van der Waals surface area contributed by atoms with Gasteiger partial charge in [0, 0.05) is 5.75 Å². The molecule has 0 aromatic rings. The molecule has 0 aromatic heterocycles. The van der Waals surface area contributed by atoms with Crippen LogP contribution in [0, 0.1) is 22.7 Å². The molecule has 21 rings (SSSR count). The van der Waals surface area contributed by atoms with Gasteiger partial charge in [-0.1, -0.05) is 0 Å². The van der Waals surface area contributed by atoms with E-state index in [1.54, 1.807) is 12.1 Å². The number of nitrogens with zero attached hydrogens (tertiary/aromatic N) is 2. The first kappa shape index (κ1) is 68.0. The molecule has 35 atom stereocenters. The van der Waals surface area contributed by atoms with Crippen LogP contribution in [0.5, 0.6) is 0 Å². The van der Waals surface area contributed by atoms with Gasteiger partial charge < -0.3 is 168 Å². The third kappa shape index (κ3) is 13.7. The van der Waals surface area contributed by atoms with Gasteiger partial charge in [0.05, 0.1) is 45.7 Å². The normalized spacial score (nSPS) is 51.9. The molecule has 21 aliphatic rings. The molecule has 38 heteroatoms. The molecule has 21 aliphatic heterocycles. The number of thioether (sulfide) groups is 1. The number of rotatable bonds is 9. The first-order valence-corrected chi connectivity index (χ1v) is 27.6. The number of aliphatic hydroxyl groups excluding tert-OH is 20. The Balaban J connectivity index is 1.11. The summed E-state index contributed by atoms with van der Waals surface area (Å²) in [6.07, 6.45) is -71.3. The highest BCUT2D eigenvalue weighted by molar-refractivity contribution is 8.04. The molecular weight excluding hydrogens is 1190 g/mol. The number of nitriles is 2. The second-order valence-electron chi connectivity index (χ2n) is 20.7. The van der Waals surface area contributed by atoms with Crippen LogP contribution >= 0.6 is 24.4 Å². The zero-order valence-electron chi connectivity index (χ0n) is 43.6. The number of thiol groups is 1. The van der Waals surface area contributed by atoms with Gasteiger partial charge in [0.25, 0.3) is 0 Å². The van der Waals surface area contributed by atoms with Crippen molar-refractivity contribution in [3.63, 3.8) is 0 Å². The molecule has 480 valence electrons. The van der Waals surface area contributed by atoms with Crippen molar-refractivity contribution in [2.24, 2.45) is 0 Å². The first-order valence-electron chi connectivity index (χ1n) is 26.2. The summed E-state index contributed by atoms with van der Waals surface area (Å²) in [7, 11) is 0. The predicted molar refractivity (Wildman–Crippen MR) is 261 cm³/mol. The van der Waals surface area contributed by atoms with Crippen molar-refractivity contribution in [1.29, 1.82) is 10.5 Å². The average molecular weight is 1260 g/mol. The number of hydrogen-bond acceptors (Lipinski definition) is 38. The van der Waals surface area contributed by atoms with Gasteiger partial charge in [0.1, 0.15) is 187 Å². The van der Waals surface area contributed by atoms with Crippen LogP contribution < -0.4 is 0 Å². The van der Waals surface area contributed by atoms with E-state index in [-0.39, 0.29) is 9.81 Å². The number of hydrogen-bond donors (Lipinski definition) is 21. The lowest BCUT2D eigenvalue weighted by atomic mass is 9.95. The third-order valence-electron chi connectivity index (χ3n) is 15.4. The van der Waals surface area contributed by atoms with Crippen molar-refractivity contribution < 1.29 is 168 Å². The van der Waals surface area contributed by atoms with Crippen molar-refractivity contribution >= 4 is 24.4 Å². The summed E-state index contributed by atoms with van der Waals surface area (Å²) < 4.78 is 80.6. The zero-order valence-corrected chi connectivity index (χ0v) is 45.3. The highest BCUT2D eigenvalue weighted by Gasteiger charge is 2.59. The monoisotopic (exact) mass is 1260 g/mol. The van der Waals surface area contributed by atoms with Gasteiger partial charge in [-0.25, -0.2) is 0 Å². The van der Waals surface area contributed by atoms with Crippen LogP contribution in [0.3, 0.4) is 0 Å². The SMILES string of the molecule is N#C/C(S)=C(/C#N)SC[C@@H]1O[C@@H]2O[C@H]3[C@H](O)[C@H](O)[C@@H](O[C@H]4[C@@H](O)[C@H](O)[C@@H](O[C@H]5[C@H](O)[C@H](O)[C@@H](O[C@H]6[C@H](O)[C@@H](O)[C@@H](O[C@H]7[C@H](O)[C@@H](O)[C@@H](O[C@H]8[C@H](O)[C@@H](O)[C@@H](O[C@H]1[C@H](O)[C@H]2O)O[C@H]8CO)O[C@H]7CO)O[C@H]6CO)O[C@@H]5CO)O[C@@H]4CO)O[C@@H]3CO. The Hall–Kier alpha value is -1.94. The van der Waals surface area contributed by atoms with Crippen LogP contribution in [0.25, 0.3) is 0 Å². The van der Waals surface area contributed by atoms with Gasteiger partial charge in [-0.15, -0.1) is 24.4 Å². The van der Waals surface area contributed by atoms with Crippen molar-refractivity contribution in [1.82, 2.24) is 0 Å². The fourth-order valence-electron chi connectivity index (χ4n) is 10.8. The molecule has 0 saturated carbocycles. The van der Waals surface area contributed by atoms with E-state index in [2.05, 4.69) is 12.6 Å². The maximum absolute atomic E-state index is 11.7. The van der Waals surface area contributed by atoms with Gasteiger partial charge >= 0.3 is 0 Å². The van der Waals surface area contributed by atoms with E-state index in [4.69, 9.17) is 66.3 Å². The topological polar surface area (TPSA) is 581 Å². The van der Waals surface area contributed by atoms with E-state index in [1.807, 2.05) is 0 Å². The lowest BCUT2D eigenvalue weighted by Gasteiger charge is -2.50. The standard InChI is InChI=1S/C46H70N2O34S2/c47-1-17(83)18(2-48)84-9-16-39-25(61)32(68)46(75-16)81-38-15(8-54)73-44(30(66)23(38)59)79-36-13(6-52)71-42(28(64)21(36)57)77-34-11(4-50)69-40(26(62)19(34)55)76-33-10(3-49)70-41(27(63)20(33)56)78-35-12(5-51)72-43(29(65)22(35)58)80-37-14(7-53)74-45(82-39)31(67)24(37)60/h10-16,19-46,49-68,83H,3-9H2/b18-17+/t10-,11+,12-,13+,14-,15+,16-,19+,20+,21-,22+,23+,24+,25+,26-,27+,28-,29+,30-,31+,32+,33+,34+,35+,36+,37+,38+,39+,40+,41+,42+,43+,44+,45+,46+/m0/s1. The second-order valence-corrected chi connectivity index (χ2v) is 22.2. The van der Waals surface area contributed by atoms with Gasteiger partial charge in [0.2, 0.25) is 0 Å². The van der Waals surface area contributed by atoms with Crippen LogP contribution in [0.1, 0.15) is 0 Å². The summed E-state index contributed by atoms with van der Waals surface area (Å²) in [5, 5.41) is 242. The van der Waals surface area contributed by atoms with Crippen molar-refractivity contribution in [2.75, 3.05) is 45.4 Å². The second kappa shape index (κ2) is 29.3. The minimum Gasteiger partial charge on any atom is -0.394 e. The van der Waals surface area contributed by atoms with Crippen LogP contribution in [-0.4, -0.2) is 362 Å². The molecule has 21 saturated heterocycles. The maximum atomic E-state index is 11.7. The smallest absolute Gasteiger partial charge is 0.187 e. The summed E-state index contributed by atoms with van der Waals surface area (Å²) in [6.45, 7) is -6.43. The summed E-state index contributed by atoms with van der Waals surface area (Å²) in [6, 6.07) is 3.41. The molecule has 21 heterocycles. The molecule has 0 amide bonds. The largest absolute Gasteiger partial charge is 0.394 e. The number of allylic oxidation sites excluding steroid dienone is 2. The molecule has 20 N–H and O–H groups in total. The molecule has 21 fully saturated rings. The molecule has 0 unspecified atom stereocenters. The molecular formula is C46H70N2O34S2. The maximum Gasteiger partial charge on any atom is 0.187 e.